The number of anilines is 1. The highest BCUT2D eigenvalue weighted by Crippen LogP contribution is 2.37. The minimum atomic E-state index is -0.134. The Balaban J connectivity index is 1.05. The zero-order valence-corrected chi connectivity index (χ0v) is 18.1. The molecule has 0 bridgehead atoms. The number of hydrazine groups is 1. The molecule has 3 heterocycles. The van der Waals surface area contributed by atoms with E-state index in [0.717, 1.165) is 63.3 Å². The molecule has 2 aromatic carbocycles. The van der Waals surface area contributed by atoms with E-state index >= 15 is 0 Å². The van der Waals surface area contributed by atoms with Gasteiger partial charge in [-0.15, -0.1) is 5.11 Å². The fourth-order valence-corrected chi connectivity index (χ4v) is 5.36. The maximum absolute atomic E-state index is 9.17. The molecule has 6 rings (SSSR count). The number of piperazine rings is 1. The Morgan fingerprint density at radius 3 is 2.53 bits per heavy atom. The molecule has 0 saturated carbocycles. The zero-order valence-electron chi connectivity index (χ0n) is 18.1. The van der Waals surface area contributed by atoms with Crippen LogP contribution < -0.4 is 10.5 Å². The summed E-state index contributed by atoms with van der Waals surface area (Å²) in [6.45, 7) is 5.57. The number of nitrogens with one attached hydrogen (secondary N) is 1. The van der Waals surface area contributed by atoms with E-state index in [9.17, 15) is 5.26 Å². The van der Waals surface area contributed by atoms with Crippen molar-refractivity contribution in [3.63, 3.8) is 0 Å². The Bertz CT molecular complexity index is 1060. The van der Waals surface area contributed by atoms with E-state index in [1.807, 2.05) is 11.1 Å². The third-order valence-corrected chi connectivity index (χ3v) is 7.30. The number of epoxide rings is 1. The van der Waals surface area contributed by atoms with E-state index in [-0.39, 0.29) is 5.72 Å². The van der Waals surface area contributed by atoms with E-state index in [1.54, 1.807) is 0 Å². The summed E-state index contributed by atoms with van der Waals surface area (Å²) >= 11 is 0. The topological polar surface area (TPSA) is 82.8 Å². The molecule has 8 nitrogen and oxygen atoms in total. The lowest BCUT2D eigenvalue weighted by Crippen LogP contribution is -2.55. The number of ether oxygens (including phenoxy) is 1. The highest BCUT2D eigenvalue weighted by Gasteiger charge is 2.51. The number of fused-ring (bicyclic) bond motifs is 1. The van der Waals surface area contributed by atoms with E-state index in [1.165, 1.54) is 16.7 Å². The summed E-state index contributed by atoms with van der Waals surface area (Å²) < 4.78 is 6.03. The van der Waals surface area contributed by atoms with Crippen molar-refractivity contribution < 1.29 is 4.74 Å². The standard InChI is InChI=1S/C24H27N7O/c25-15-19-1-4-20-12-23(13-21(20)11-19)29-7-9-30(10-8-29)24(16-32-24)14-18-2-5-22(6-3-18)31-17-26-27-28-31/h1-6,11,23H,7-10,12-14,16-17H2,(H,26,28). The van der Waals surface area contributed by atoms with E-state index in [4.69, 9.17) is 4.74 Å². The first-order valence-corrected chi connectivity index (χ1v) is 11.4. The molecule has 1 aliphatic carbocycles. The second-order valence-corrected chi connectivity index (χ2v) is 9.17. The first-order valence-electron chi connectivity index (χ1n) is 11.4. The Morgan fingerprint density at radius 2 is 1.84 bits per heavy atom. The van der Waals surface area contributed by atoms with Crippen LogP contribution in [0.3, 0.4) is 0 Å². The zero-order chi connectivity index (χ0) is 21.5. The van der Waals surface area contributed by atoms with Crippen LogP contribution in [-0.4, -0.2) is 61.0 Å². The first kappa shape index (κ1) is 19.7. The minimum Gasteiger partial charge on any atom is -0.353 e. The molecule has 4 aliphatic rings. The summed E-state index contributed by atoms with van der Waals surface area (Å²) in [5, 5.41) is 18.8. The van der Waals surface area contributed by atoms with Crippen molar-refractivity contribution in [3.8, 4) is 6.07 Å². The summed E-state index contributed by atoms with van der Waals surface area (Å²) in [4.78, 5) is 5.17. The second kappa shape index (κ2) is 7.85. The van der Waals surface area contributed by atoms with Crippen LogP contribution in [0.5, 0.6) is 0 Å². The van der Waals surface area contributed by atoms with Crippen LogP contribution in [0.15, 0.2) is 52.8 Å². The molecular formula is C24H27N7O. The average Bonchev–Trinajstić information content (AvgIpc) is 3.24. The lowest BCUT2D eigenvalue weighted by atomic mass is 10.0. The second-order valence-electron chi connectivity index (χ2n) is 9.17. The molecule has 2 fully saturated rings. The number of nitriles is 1. The average molecular weight is 430 g/mol. The third-order valence-electron chi connectivity index (χ3n) is 7.30. The molecule has 2 aromatic rings. The van der Waals surface area contributed by atoms with Gasteiger partial charge in [-0.1, -0.05) is 23.4 Å². The van der Waals surface area contributed by atoms with Crippen LogP contribution in [-0.2, 0) is 24.0 Å². The van der Waals surface area contributed by atoms with Crippen LogP contribution in [0.1, 0.15) is 22.3 Å². The van der Waals surface area contributed by atoms with Crippen LogP contribution in [0.2, 0.25) is 0 Å². The molecule has 8 heteroatoms. The lowest BCUT2D eigenvalue weighted by molar-refractivity contribution is 0.0162. The van der Waals surface area contributed by atoms with Gasteiger partial charge in [0.2, 0.25) is 0 Å². The minimum absolute atomic E-state index is 0.134. The molecule has 32 heavy (non-hydrogen) atoms. The van der Waals surface area contributed by atoms with E-state index < -0.39 is 0 Å². The van der Waals surface area contributed by atoms with Crippen molar-refractivity contribution >= 4 is 5.69 Å². The Hall–Kier alpha value is -2.99. The lowest BCUT2D eigenvalue weighted by Gasteiger charge is -2.40. The molecular weight excluding hydrogens is 402 g/mol. The quantitative estimate of drug-likeness (QED) is 0.735. The smallest absolute Gasteiger partial charge is 0.154 e. The van der Waals surface area contributed by atoms with Crippen LogP contribution in [0.4, 0.5) is 5.69 Å². The molecule has 1 N–H and O–H groups in total. The Kier molecular flexibility index (Phi) is 4.83. The number of hydrogen-bond donors (Lipinski definition) is 1. The normalized spacial score (nSPS) is 27.2. The molecule has 2 unspecified atom stereocenters. The van der Waals surface area contributed by atoms with Crippen LogP contribution >= 0.6 is 0 Å². The SMILES string of the molecule is N#Cc1ccc2c(c1)CC(N1CCN(C3(Cc4ccc(N5CN=NN5)cc4)CO3)CC1)C2. The van der Waals surface area contributed by atoms with Crippen molar-refractivity contribution in [1.82, 2.24) is 15.3 Å². The van der Waals surface area contributed by atoms with Crippen molar-refractivity contribution in [2.24, 2.45) is 10.3 Å². The predicted octanol–water partition coefficient (Wildman–Crippen LogP) is 2.26. The number of benzene rings is 2. The van der Waals surface area contributed by atoms with Crippen molar-refractivity contribution in [3.05, 3.63) is 64.7 Å². The van der Waals surface area contributed by atoms with Gasteiger partial charge in [-0.2, -0.15) is 10.8 Å². The third kappa shape index (κ3) is 3.62. The van der Waals surface area contributed by atoms with Gasteiger partial charge in [-0.25, -0.2) is 5.01 Å². The maximum Gasteiger partial charge on any atom is 0.154 e. The highest BCUT2D eigenvalue weighted by atomic mass is 16.6. The summed E-state index contributed by atoms with van der Waals surface area (Å²) in [7, 11) is 0. The van der Waals surface area contributed by atoms with Crippen LogP contribution in [0.25, 0.3) is 0 Å². The molecule has 0 amide bonds. The summed E-state index contributed by atoms with van der Waals surface area (Å²) in [5.41, 5.74) is 8.65. The van der Waals surface area contributed by atoms with Gasteiger partial charge in [0.1, 0.15) is 5.72 Å². The van der Waals surface area contributed by atoms with Gasteiger partial charge < -0.3 is 4.74 Å². The molecule has 0 spiro atoms. The molecule has 2 atom stereocenters. The highest BCUT2D eigenvalue weighted by molar-refractivity contribution is 5.47. The van der Waals surface area contributed by atoms with Crippen molar-refractivity contribution in [2.75, 3.05) is 44.5 Å². The van der Waals surface area contributed by atoms with Gasteiger partial charge in [0.15, 0.2) is 6.67 Å². The fraction of sp³-hybridized carbons (Fsp3) is 0.458. The van der Waals surface area contributed by atoms with Gasteiger partial charge in [-0.3, -0.25) is 9.80 Å². The predicted molar refractivity (Wildman–Crippen MR) is 120 cm³/mol. The van der Waals surface area contributed by atoms with Gasteiger partial charge >= 0.3 is 0 Å². The van der Waals surface area contributed by atoms with E-state index in [0.29, 0.717) is 12.7 Å². The maximum atomic E-state index is 9.17. The Labute approximate surface area is 188 Å². The largest absolute Gasteiger partial charge is 0.353 e. The van der Waals surface area contributed by atoms with Crippen molar-refractivity contribution in [2.45, 2.75) is 31.0 Å². The first-order chi connectivity index (χ1) is 15.7. The summed E-state index contributed by atoms with van der Waals surface area (Å²) in [6, 6.07) is 17.6. The number of hydrogen-bond acceptors (Lipinski definition) is 8. The number of rotatable bonds is 5. The Morgan fingerprint density at radius 1 is 1.06 bits per heavy atom. The van der Waals surface area contributed by atoms with Gasteiger partial charge in [0, 0.05) is 38.6 Å². The summed E-state index contributed by atoms with van der Waals surface area (Å²) in [6.07, 6.45) is 3.08. The molecule has 3 aliphatic heterocycles. The summed E-state index contributed by atoms with van der Waals surface area (Å²) in [5.74, 6) is 0. The van der Waals surface area contributed by atoms with Gasteiger partial charge in [0.05, 0.1) is 23.9 Å². The van der Waals surface area contributed by atoms with Gasteiger partial charge in [0.25, 0.3) is 0 Å². The number of nitrogens with zero attached hydrogens (tertiary/aromatic N) is 6. The molecule has 0 radical (unpaired) electrons. The van der Waals surface area contributed by atoms with Crippen molar-refractivity contribution in [1.29, 1.82) is 5.26 Å². The van der Waals surface area contributed by atoms with Crippen LogP contribution in [0, 0.1) is 11.3 Å². The van der Waals surface area contributed by atoms with Gasteiger partial charge in [-0.05, 0) is 53.8 Å². The molecule has 164 valence electrons. The van der Waals surface area contributed by atoms with E-state index in [2.05, 4.69) is 68.1 Å². The molecule has 0 aromatic heterocycles. The monoisotopic (exact) mass is 429 g/mol. The fourth-order valence-electron chi connectivity index (χ4n) is 5.36. The molecule has 2 saturated heterocycles.